The lowest BCUT2D eigenvalue weighted by Gasteiger charge is -2.15. The Morgan fingerprint density at radius 3 is 2.68 bits per heavy atom. The molecule has 0 spiro atoms. The molecule has 0 bridgehead atoms. The van der Waals surface area contributed by atoms with Crippen LogP contribution >= 0.6 is 0 Å². The third-order valence-corrected chi connectivity index (χ3v) is 3.37. The molecule has 1 amide bonds. The molecule has 0 aliphatic rings. The minimum Gasteiger partial charge on any atom is -0.340 e. The van der Waals surface area contributed by atoms with Crippen molar-refractivity contribution in [2.24, 2.45) is 0 Å². The van der Waals surface area contributed by atoms with Crippen LogP contribution in [0.25, 0.3) is 0 Å². The summed E-state index contributed by atoms with van der Waals surface area (Å²) in [6.07, 6.45) is 2.05. The van der Waals surface area contributed by atoms with Gasteiger partial charge in [-0.05, 0) is 43.2 Å². The quantitative estimate of drug-likeness (QED) is 0.888. The molecule has 22 heavy (non-hydrogen) atoms. The lowest BCUT2D eigenvalue weighted by atomic mass is 10.2. The number of aromatic nitrogens is 2. The van der Waals surface area contributed by atoms with Crippen LogP contribution in [0.5, 0.6) is 0 Å². The SMILES string of the molecule is CCCCN(C)C(=O)c1ccc(Nc2cccc(C)c2)nn1. The van der Waals surface area contributed by atoms with E-state index in [9.17, 15) is 4.79 Å². The van der Waals surface area contributed by atoms with E-state index in [4.69, 9.17) is 0 Å². The fourth-order valence-corrected chi connectivity index (χ4v) is 2.08. The average Bonchev–Trinajstić information content (AvgIpc) is 2.52. The summed E-state index contributed by atoms with van der Waals surface area (Å²) in [5, 5.41) is 11.3. The molecule has 5 heteroatoms. The molecule has 1 aromatic heterocycles. The summed E-state index contributed by atoms with van der Waals surface area (Å²) < 4.78 is 0. The van der Waals surface area contributed by atoms with Crippen molar-refractivity contribution in [2.45, 2.75) is 26.7 Å². The van der Waals surface area contributed by atoms with E-state index in [1.165, 1.54) is 5.56 Å². The van der Waals surface area contributed by atoms with E-state index in [-0.39, 0.29) is 5.91 Å². The smallest absolute Gasteiger partial charge is 0.274 e. The number of aryl methyl sites for hydroxylation is 1. The molecule has 1 heterocycles. The van der Waals surface area contributed by atoms with E-state index in [1.54, 1.807) is 24.1 Å². The number of amides is 1. The Kier molecular flexibility index (Phi) is 5.47. The van der Waals surface area contributed by atoms with Crippen LogP contribution < -0.4 is 5.32 Å². The summed E-state index contributed by atoms with van der Waals surface area (Å²) in [5.74, 6) is 0.529. The Hall–Kier alpha value is -2.43. The van der Waals surface area contributed by atoms with Gasteiger partial charge in [-0.2, -0.15) is 0 Å². The summed E-state index contributed by atoms with van der Waals surface area (Å²) in [6, 6.07) is 11.5. The predicted octanol–water partition coefficient (Wildman–Crippen LogP) is 3.40. The molecule has 0 radical (unpaired) electrons. The molecule has 0 atom stereocenters. The zero-order chi connectivity index (χ0) is 15.9. The highest BCUT2D eigenvalue weighted by Gasteiger charge is 2.13. The molecule has 2 rings (SSSR count). The first-order valence-corrected chi connectivity index (χ1v) is 7.53. The van der Waals surface area contributed by atoms with E-state index >= 15 is 0 Å². The number of hydrogen-bond acceptors (Lipinski definition) is 4. The second-order valence-electron chi connectivity index (χ2n) is 5.38. The highest BCUT2D eigenvalue weighted by molar-refractivity contribution is 5.92. The number of carbonyl (C=O) groups excluding carboxylic acids is 1. The van der Waals surface area contributed by atoms with Crippen LogP contribution in [0, 0.1) is 6.92 Å². The third kappa shape index (κ3) is 4.28. The summed E-state index contributed by atoms with van der Waals surface area (Å²) in [5.41, 5.74) is 2.49. The largest absolute Gasteiger partial charge is 0.340 e. The van der Waals surface area contributed by atoms with Gasteiger partial charge in [0.25, 0.3) is 5.91 Å². The second kappa shape index (κ2) is 7.54. The molecule has 5 nitrogen and oxygen atoms in total. The Labute approximate surface area is 131 Å². The van der Waals surface area contributed by atoms with Gasteiger partial charge in [0.2, 0.25) is 0 Å². The van der Waals surface area contributed by atoms with E-state index in [2.05, 4.69) is 22.4 Å². The number of carbonyl (C=O) groups is 1. The molecule has 0 unspecified atom stereocenters. The van der Waals surface area contributed by atoms with Gasteiger partial charge in [0, 0.05) is 19.3 Å². The molecule has 0 saturated carbocycles. The van der Waals surface area contributed by atoms with Gasteiger partial charge in [-0.25, -0.2) is 0 Å². The topological polar surface area (TPSA) is 58.1 Å². The van der Waals surface area contributed by atoms with E-state index in [0.29, 0.717) is 11.5 Å². The molecule has 2 aromatic rings. The van der Waals surface area contributed by atoms with Crippen molar-refractivity contribution in [3.63, 3.8) is 0 Å². The molecule has 1 aromatic carbocycles. The normalized spacial score (nSPS) is 10.3. The molecule has 1 N–H and O–H groups in total. The van der Waals surface area contributed by atoms with E-state index < -0.39 is 0 Å². The number of benzene rings is 1. The predicted molar refractivity (Wildman–Crippen MR) is 88.4 cm³/mol. The second-order valence-corrected chi connectivity index (χ2v) is 5.38. The molecule has 0 fully saturated rings. The van der Waals surface area contributed by atoms with Crippen LogP contribution in [0.1, 0.15) is 35.8 Å². The highest BCUT2D eigenvalue weighted by atomic mass is 16.2. The summed E-state index contributed by atoms with van der Waals surface area (Å²) in [7, 11) is 1.79. The van der Waals surface area contributed by atoms with E-state index in [1.807, 2.05) is 31.2 Å². The van der Waals surface area contributed by atoms with Crippen molar-refractivity contribution < 1.29 is 4.79 Å². The number of rotatable bonds is 6. The Balaban J connectivity index is 2.02. The van der Waals surface area contributed by atoms with Crippen LogP contribution in [0.4, 0.5) is 11.5 Å². The highest BCUT2D eigenvalue weighted by Crippen LogP contribution is 2.15. The van der Waals surface area contributed by atoms with Gasteiger partial charge in [-0.1, -0.05) is 25.5 Å². The summed E-state index contributed by atoms with van der Waals surface area (Å²) in [4.78, 5) is 13.8. The number of nitrogens with one attached hydrogen (secondary N) is 1. The number of hydrogen-bond donors (Lipinski definition) is 1. The molecule has 116 valence electrons. The molecular weight excluding hydrogens is 276 g/mol. The monoisotopic (exact) mass is 298 g/mol. The van der Waals surface area contributed by atoms with E-state index in [0.717, 1.165) is 25.1 Å². The van der Waals surface area contributed by atoms with Crippen molar-refractivity contribution in [1.82, 2.24) is 15.1 Å². The van der Waals surface area contributed by atoms with Crippen LogP contribution in [0.2, 0.25) is 0 Å². The van der Waals surface area contributed by atoms with Gasteiger partial charge in [-0.3, -0.25) is 4.79 Å². The lowest BCUT2D eigenvalue weighted by molar-refractivity contribution is 0.0786. The first kappa shape index (κ1) is 15.9. The summed E-state index contributed by atoms with van der Waals surface area (Å²) >= 11 is 0. The first-order valence-electron chi connectivity index (χ1n) is 7.53. The molecular formula is C17H22N4O. The van der Waals surface area contributed by atoms with Gasteiger partial charge in [-0.15, -0.1) is 10.2 Å². The molecule has 0 aliphatic carbocycles. The van der Waals surface area contributed by atoms with Crippen molar-refractivity contribution in [2.75, 3.05) is 18.9 Å². The number of anilines is 2. The Morgan fingerprint density at radius 1 is 1.23 bits per heavy atom. The minimum absolute atomic E-state index is 0.0944. The number of unbranched alkanes of at least 4 members (excludes halogenated alkanes) is 1. The minimum atomic E-state index is -0.0944. The van der Waals surface area contributed by atoms with Gasteiger partial charge in [0.1, 0.15) is 0 Å². The first-order chi connectivity index (χ1) is 10.6. The maximum Gasteiger partial charge on any atom is 0.274 e. The van der Waals surface area contributed by atoms with Crippen molar-refractivity contribution in [3.8, 4) is 0 Å². The maximum absolute atomic E-state index is 12.2. The van der Waals surface area contributed by atoms with Gasteiger partial charge < -0.3 is 10.2 Å². The Morgan fingerprint density at radius 2 is 2.05 bits per heavy atom. The lowest BCUT2D eigenvalue weighted by Crippen LogP contribution is -2.28. The Bertz CT molecular complexity index is 625. The van der Waals surface area contributed by atoms with Crippen molar-refractivity contribution in [1.29, 1.82) is 0 Å². The molecule has 0 aliphatic heterocycles. The third-order valence-electron chi connectivity index (χ3n) is 3.37. The fraction of sp³-hybridized carbons (Fsp3) is 0.353. The van der Waals surface area contributed by atoms with Gasteiger partial charge >= 0.3 is 0 Å². The van der Waals surface area contributed by atoms with Crippen LogP contribution in [0.3, 0.4) is 0 Å². The van der Waals surface area contributed by atoms with Gasteiger partial charge in [0.05, 0.1) is 0 Å². The standard InChI is InChI=1S/C17H22N4O/c1-4-5-11-21(3)17(22)15-9-10-16(20-19-15)18-14-8-6-7-13(2)12-14/h6-10,12H,4-5,11H2,1-3H3,(H,18,20). The zero-order valence-electron chi connectivity index (χ0n) is 13.3. The summed E-state index contributed by atoms with van der Waals surface area (Å²) in [6.45, 7) is 4.87. The number of nitrogens with zero attached hydrogens (tertiary/aromatic N) is 3. The van der Waals surface area contributed by atoms with Crippen LogP contribution in [-0.4, -0.2) is 34.6 Å². The van der Waals surface area contributed by atoms with Gasteiger partial charge in [0.15, 0.2) is 11.5 Å². The maximum atomic E-state index is 12.2. The van der Waals surface area contributed by atoms with Crippen LogP contribution in [-0.2, 0) is 0 Å². The fourth-order valence-electron chi connectivity index (χ4n) is 2.08. The zero-order valence-corrected chi connectivity index (χ0v) is 13.3. The average molecular weight is 298 g/mol. The van der Waals surface area contributed by atoms with Crippen molar-refractivity contribution >= 4 is 17.4 Å². The van der Waals surface area contributed by atoms with Crippen molar-refractivity contribution in [3.05, 3.63) is 47.7 Å². The van der Waals surface area contributed by atoms with Crippen LogP contribution in [0.15, 0.2) is 36.4 Å². The molecule has 0 saturated heterocycles.